The second-order valence-corrected chi connectivity index (χ2v) is 3.99. The standard InChI is InChI=1S/C14H13N3O2.ClH/c15-14(16-10-11-5-2-1-3-6-11)12-7-4-8-13(9-12)17(18)19;/h1-9H,10H2,(H2,15,16);1H. The highest BCUT2D eigenvalue weighted by atomic mass is 35.5. The molecule has 0 radical (unpaired) electrons. The van der Waals surface area contributed by atoms with E-state index in [0.717, 1.165) is 5.56 Å². The van der Waals surface area contributed by atoms with Gasteiger partial charge in [-0.2, -0.15) is 0 Å². The van der Waals surface area contributed by atoms with Crippen LogP contribution in [0.5, 0.6) is 0 Å². The molecular formula is C14H14ClN3O2. The third kappa shape index (κ3) is 4.07. The molecule has 0 aliphatic heterocycles. The summed E-state index contributed by atoms with van der Waals surface area (Å²) in [5.41, 5.74) is 7.45. The van der Waals surface area contributed by atoms with Crippen LogP contribution >= 0.6 is 12.4 Å². The maximum Gasteiger partial charge on any atom is 0.270 e. The van der Waals surface area contributed by atoms with Gasteiger partial charge in [0.1, 0.15) is 5.84 Å². The number of hydrogen-bond acceptors (Lipinski definition) is 3. The fourth-order valence-corrected chi connectivity index (χ4v) is 1.63. The van der Waals surface area contributed by atoms with Crippen LogP contribution in [0.15, 0.2) is 59.6 Å². The lowest BCUT2D eigenvalue weighted by atomic mass is 10.2. The average molecular weight is 292 g/mol. The first-order chi connectivity index (χ1) is 9.16. The highest BCUT2D eigenvalue weighted by molar-refractivity contribution is 5.97. The van der Waals surface area contributed by atoms with Crippen LogP contribution in [0.2, 0.25) is 0 Å². The molecule has 2 rings (SSSR count). The van der Waals surface area contributed by atoms with Gasteiger partial charge in [0, 0.05) is 17.7 Å². The van der Waals surface area contributed by atoms with Gasteiger partial charge in [0.05, 0.1) is 11.5 Å². The van der Waals surface area contributed by atoms with Crippen molar-refractivity contribution in [1.82, 2.24) is 0 Å². The molecule has 0 atom stereocenters. The Morgan fingerprint density at radius 3 is 2.50 bits per heavy atom. The van der Waals surface area contributed by atoms with Crippen molar-refractivity contribution in [2.45, 2.75) is 6.54 Å². The summed E-state index contributed by atoms with van der Waals surface area (Å²) in [7, 11) is 0. The zero-order chi connectivity index (χ0) is 13.7. The molecule has 2 N–H and O–H groups in total. The van der Waals surface area contributed by atoms with Crippen molar-refractivity contribution in [3.63, 3.8) is 0 Å². The zero-order valence-electron chi connectivity index (χ0n) is 10.6. The minimum atomic E-state index is -0.450. The first-order valence-electron chi connectivity index (χ1n) is 5.75. The number of amidine groups is 1. The molecule has 0 aromatic heterocycles. The predicted octanol–water partition coefficient (Wildman–Crippen LogP) is 2.92. The summed E-state index contributed by atoms with van der Waals surface area (Å²) < 4.78 is 0. The number of nitro benzene ring substituents is 1. The molecule has 0 unspecified atom stereocenters. The van der Waals surface area contributed by atoms with Gasteiger partial charge in [-0.3, -0.25) is 15.1 Å². The highest BCUT2D eigenvalue weighted by Gasteiger charge is 2.07. The molecule has 0 aliphatic carbocycles. The molecule has 0 aliphatic rings. The summed E-state index contributed by atoms with van der Waals surface area (Å²) in [6, 6.07) is 15.8. The Morgan fingerprint density at radius 2 is 1.85 bits per heavy atom. The molecule has 2 aromatic carbocycles. The largest absolute Gasteiger partial charge is 0.383 e. The molecule has 104 valence electrons. The van der Waals surface area contributed by atoms with Crippen molar-refractivity contribution >= 4 is 23.9 Å². The Balaban J connectivity index is 0.00000200. The van der Waals surface area contributed by atoms with Crippen LogP contribution in [0.25, 0.3) is 0 Å². The van der Waals surface area contributed by atoms with E-state index in [1.807, 2.05) is 30.3 Å². The van der Waals surface area contributed by atoms with Gasteiger partial charge >= 0.3 is 0 Å². The molecule has 0 fully saturated rings. The molecule has 20 heavy (non-hydrogen) atoms. The third-order valence-electron chi connectivity index (χ3n) is 2.63. The Bertz CT molecular complexity index is 615. The molecule has 2 aromatic rings. The van der Waals surface area contributed by atoms with E-state index < -0.39 is 4.92 Å². The first kappa shape index (κ1) is 15.7. The lowest BCUT2D eigenvalue weighted by molar-refractivity contribution is -0.384. The van der Waals surface area contributed by atoms with E-state index in [4.69, 9.17) is 5.73 Å². The van der Waals surface area contributed by atoms with Gasteiger partial charge < -0.3 is 5.73 Å². The van der Waals surface area contributed by atoms with E-state index in [1.165, 1.54) is 12.1 Å². The third-order valence-corrected chi connectivity index (χ3v) is 2.63. The molecule has 0 amide bonds. The number of hydrogen-bond donors (Lipinski definition) is 1. The van der Waals surface area contributed by atoms with E-state index in [2.05, 4.69) is 4.99 Å². The van der Waals surface area contributed by atoms with Crippen LogP contribution in [0.1, 0.15) is 11.1 Å². The molecule has 5 nitrogen and oxygen atoms in total. The Morgan fingerprint density at radius 1 is 1.15 bits per heavy atom. The molecule has 6 heteroatoms. The number of non-ortho nitro benzene ring substituents is 1. The van der Waals surface area contributed by atoms with Gasteiger partial charge in [0.25, 0.3) is 5.69 Å². The average Bonchev–Trinajstić information content (AvgIpc) is 2.46. The van der Waals surface area contributed by atoms with Crippen molar-refractivity contribution in [3.05, 3.63) is 75.8 Å². The quantitative estimate of drug-likeness (QED) is 0.407. The van der Waals surface area contributed by atoms with Crippen LogP contribution in [0.4, 0.5) is 5.69 Å². The Hall–Kier alpha value is -2.40. The maximum absolute atomic E-state index is 10.7. The summed E-state index contributed by atoms with van der Waals surface area (Å²) in [6.45, 7) is 0.454. The monoisotopic (exact) mass is 291 g/mol. The van der Waals surface area contributed by atoms with Crippen molar-refractivity contribution in [2.24, 2.45) is 10.7 Å². The van der Waals surface area contributed by atoms with Gasteiger partial charge in [0.2, 0.25) is 0 Å². The first-order valence-corrected chi connectivity index (χ1v) is 5.75. The van der Waals surface area contributed by atoms with Gasteiger partial charge in [-0.25, -0.2) is 0 Å². The highest BCUT2D eigenvalue weighted by Crippen LogP contribution is 2.13. The fraction of sp³-hybridized carbons (Fsp3) is 0.0714. The molecule has 0 bridgehead atoms. The number of nitrogens with zero attached hydrogens (tertiary/aromatic N) is 2. The SMILES string of the molecule is Cl.NC(=NCc1ccccc1)c1cccc([N+](=O)[O-])c1. The normalized spacial score (nSPS) is 10.7. The molecular weight excluding hydrogens is 278 g/mol. The summed E-state index contributed by atoms with van der Waals surface area (Å²) in [6.07, 6.45) is 0. The van der Waals surface area contributed by atoms with E-state index >= 15 is 0 Å². The van der Waals surface area contributed by atoms with Crippen molar-refractivity contribution in [2.75, 3.05) is 0 Å². The smallest absolute Gasteiger partial charge is 0.270 e. The number of rotatable bonds is 4. The van der Waals surface area contributed by atoms with Gasteiger partial charge in [-0.05, 0) is 5.56 Å². The maximum atomic E-state index is 10.7. The van der Waals surface area contributed by atoms with E-state index in [9.17, 15) is 10.1 Å². The molecule has 0 saturated carbocycles. The van der Waals surface area contributed by atoms with E-state index in [0.29, 0.717) is 17.9 Å². The van der Waals surface area contributed by atoms with Gasteiger partial charge in [0.15, 0.2) is 0 Å². The number of halogens is 1. The lowest BCUT2D eigenvalue weighted by Gasteiger charge is -2.01. The number of nitrogens with two attached hydrogens (primary N) is 1. The summed E-state index contributed by atoms with van der Waals surface area (Å²) in [5, 5.41) is 10.7. The summed E-state index contributed by atoms with van der Waals surface area (Å²) >= 11 is 0. The fourth-order valence-electron chi connectivity index (χ4n) is 1.63. The molecule has 0 saturated heterocycles. The van der Waals surface area contributed by atoms with E-state index in [1.54, 1.807) is 12.1 Å². The van der Waals surface area contributed by atoms with Crippen molar-refractivity contribution in [1.29, 1.82) is 0 Å². The minimum absolute atomic E-state index is 0. The zero-order valence-corrected chi connectivity index (χ0v) is 11.4. The van der Waals surface area contributed by atoms with Crippen LogP contribution in [0, 0.1) is 10.1 Å². The van der Waals surface area contributed by atoms with Gasteiger partial charge in [-0.15, -0.1) is 12.4 Å². The second kappa shape index (κ2) is 7.25. The van der Waals surface area contributed by atoms with Crippen molar-refractivity contribution < 1.29 is 4.92 Å². The second-order valence-electron chi connectivity index (χ2n) is 3.99. The van der Waals surface area contributed by atoms with Crippen LogP contribution in [-0.4, -0.2) is 10.8 Å². The van der Waals surface area contributed by atoms with Crippen LogP contribution < -0.4 is 5.73 Å². The van der Waals surface area contributed by atoms with Crippen LogP contribution in [-0.2, 0) is 6.54 Å². The van der Waals surface area contributed by atoms with Crippen molar-refractivity contribution in [3.8, 4) is 0 Å². The lowest BCUT2D eigenvalue weighted by Crippen LogP contribution is -2.13. The van der Waals surface area contributed by atoms with Gasteiger partial charge in [-0.1, -0.05) is 42.5 Å². The predicted molar refractivity (Wildman–Crippen MR) is 81.2 cm³/mol. The molecule has 0 spiro atoms. The number of aliphatic imine (C=N–C) groups is 1. The molecule has 0 heterocycles. The van der Waals surface area contributed by atoms with Crippen LogP contribution in [0.3, 0.4) is 0 Å². The van der Waals surface area contributed by atoms with E-state index in [-0.39, 0.29) is 18.1 Å². The summed E-state index contributed by atoms with van der Waals surface area (Å²) in [4.78, 5) is 14.5. The summed E-state index contributed by atoms with van der Waals surface area (Å²) in [5.74, 6) is 0.299. The minimum Gasteiger partial charge on any atom is -0.383 e. The number of benzene rings is 2. The Labute approximate surface area is 122 Å². The topological polar surface area (TPSA) is 81.5 Å². The Kier molecular flexibility index (Phi) is 5.68. The number of nitro groups is 1.